The third kappa shape index (κ3) is 3.02. The van der Waals surface area contributed by atoms with Gasteiger partial charge in [0, 0.05) is 36.1 Å². The molecule has 0 radical (unpaired) electrons. The number of rotatable bonds is 4. The lowest BCUT2D eigenvalue weighted by Crippen LogP contribution is -2.18. The van der Waals surface area contributed by atoms with Gasteiger partial charge in [0.15, 0.2) is 5.82 Å². The number of nitrogens with zero attached hydrogens (tertiary/aromatic N) is 6. The predicted molar refractivity (Wildman–Crippen MR) is 115 cm³/mol. The average molecular weight is 396 g/mol. The number of pyridine rings is 3. The van der Waals surface area contributed by atoms with Crippen molar-refractivity contribution in [1.82, 2.24) is 40.0 Å². The molecule has 30 heavy (non-hydrogen) atoms. The van der Waals surface area contributed by atoms with E-state index in [2.05, 4.69) is 52.1 Å². The van der Waals surface area contributed by atoms with Crippen molar-refractivity contribution >= 4 is 21.9 Å². The van der Waals surface area contributed by atoms with Crippen LogP contribution in [-0.4, -0.2) is 53.1 Å². The lowest BCUT2D eigenvalue weighted by molar-refractivity contribution is 0.331. The van der Waals surface area contributed by atoms with E-state index in [0.717, 1.165) is 45.4 Å². The third-order valence-electron chi connectivity index (χ3n) is 5.65. The summed E-state index contributed by atoms with van der Waals surface area (Å²) in [5.41, 5.74) is 6.49. The second-order valence-corrected chi connectivity index (χ2v) is 7.73. The topological polar surface area (TPSA) is 99.3 Å². The number of aromatic nitrogens is 7. The smallest absolute Gasteiger partial charge is 0.159 e. The lowest BCUT2D eigenvalue weighted by Gasteiger charge is -2.14. The lowest BCUT2D eigenvalue weighted by atomic mass is 10.1. The summed E-state index contributed by atoms with van der Waals surface area (Å²) in [6.45, 7) is 3.27. The molecular formula is C22H20N8. The molecule has 6 heterocycles. The average Bonchev–Trinajstić information content (AvgIpc) is 3.52. The molecule has 0 atom stereocenters. The molecule has 6 rings (SSSR count). The fraction of sp³-hybridized carbons (Fsp3) is 0.227. The zero-order chi connectivity index (χ0) is 19.9. The highest BCUT2D eigenvalue weighted by Crippen LogP contribution is 2.29. The van der Waals surface area contributed by atoms with Gasteiger partial charge in [-0.15, -0.1) is 0 Å². The summed E-state index contributed by atoms with van der Waals surface area (Å²) in [4.78, 5) is 23.7. The number of imidazole rings is 1. The summed E-state index contributed by atoms with van der Waals surface area (Å²) in [7, 11) is 0. The third-order valence-corrected chi connectivity index (χ3v) is 5.65. The monoisotopic (exact) mass is 396 g/mol. The normalized spacial score (nSPS) is 14.8. The van der Waals surface area contributed by atoms with E-state index in [1.54, 1.807) is 12.4 Å². The Morgan fingerprint density at radius 2 is 1.90 bits per heavy atom. The van der Waals surface area contributed by atoms with Crippen molar-refractivity contribution in [3.05, 3.63) is 54.7 Å². The van der Waals surface area contributed by atoms with Crippen LogP contribution in [0.5, 0.6) is 0 Å². The molecule has 5 aromatic heterocycles. The first-order chi connectivity index (χ1) is 14.8. The Balaban J connectivity index is 1.39. The van der Waals surface area contributed by atoms with Crippen molar-refractivity contribution in [2.75, 3.05) is 13.1 Å². The van der Waals surface area contributed by atoms with E-state index in [1.165, 1.54) is 31.5 Å². The molecule has 1 fully saturated rings. The maximum Gasteiger partial charge on any atom is 0.159 e. The van der Waals surface area contributed by atoms with Gasteiger partial charge < -0.3 is 4.98 Å². The molecule has 8 heteroatoms. The molecule has 2 N–H and O–H groups in total. The van der Waals surface area contributed by atoms with E-state index in [4.69, 9.17) is 0 Å². The Morgan fingerprint density at radius 1 is 0.967 bits per heavy atom. The highest BCUT2D eigenvalue weighted by Gasteiger charge is 2.15. The Labute approximate surface area is 172 Å². The van der Waals surface area contributed by atoms with Crippen LogP contribution in [0.4, 0.5) is 0 Å². The first-order valence-electron chi connectivity index (χ1n) is 10.1. The highest BCUT2D eigenvalue weighted by molar-refractivity contribution is 5.94. The van der Waals surface area contributed by atoms with Crippen molar-refractivity contribution in [1.29, 1.82) is 0 Å². The molecule has 0 saturated carbocycles. The minimum atomic E-state index is 0.710. The van der Waals surface area contributed by atoms with E-state index >= 15 is 0 Å². The van der Waals surface area contributed by atoms with E-state index in [1.807, 2.05) is 24.7 Å². The summed E-state index contributed by atoms with van der Waals surface area (Å²) < 4.78 is 0. The number of likely N-dealkylation sites (tertiary alicyclic amines) is 1. The van der Waals surface area contributed by atoms with E-state index in [-0.39, 0.29) is 0 Å². The van der Waals surface area contributed by atoms with Crippen LogP contribution in [-0.2, 0) is 6.54 Å². The number of hydrogen-bond acceptors (Lipinski definition) is 6. The van der Waals surface area contributed by atoms with Gasteiger partial charge in [0.05, 0.1) is 34.6 Å². The summed E-state index contributed by atoms with van der Waals surface area (Å²) >= 11 is 0. The van der Waals surface area contributed by atoms with Crippen molar-refractivity contribution in [3.63, 3.8) is 0 Å². The molecule has 8 nitrogen and oxygen atoms in total. The van der Waals surface area contributed by atoms with Gasteiger partial charge in [0.2, 0.25) is 0 Å². The Hall–Kier alpha value is -3.65. The molecule has 0 amide bonds. The van der Waals surface area contributed by atoms with E-state index in [9.17, 15) is 0 Å². The fourth-order valence-corrected chi connectivity index (χ4v) is 4.14. The molecular weight excluding hydrogens is 376 g/mol. The largest absolute Gasteiger partial charge is 0.335 e. The first-order valence-corrected chi connectivity index (χ1v) is 10.1. The standard InChI is InChI=1S/C22H20N8/c1-2-6-30(5-1)13-14-7-15(10-24-9-14)18-8-16-19(12-25-18)28-29-21(16)22-26-17-3-4-23-11-20(17)27-22/h3-4,7-12H,1-2,5-6,13H2,(H,26,27)(H,28,29). The summed E-state index contributed by atoms with van der Waals surface area (Å²) in [5, 5.41) is 8.51. The van der Waals surface area contributed by atoms with Gasteiger partial charge in [-0.1, -0.05) is 0 Å². The Bertz CT molecular complexity index is 1310. The number of H-pyrrole nitrogens is 2. The van der Waals surface area contributed by atoms with Gasteiger partial charge in [-0.3, -0.25) is 25.0 Å². The molecule has 0 spiro atoms. The van der Waals surface area contributed by atoms with Crippen molar-refractivity contribution in [2.45, 2.75) is 19.4 Å². The van der Waals surface area contributed by atoms with Crippen LogP contribution in [0.25, 0.3) is 44.7 Å². The molecule has 148 valence electrons. The van der Waals surface area contributed by atoms with E-state index < -0.39 is 0 Å². The van der Waals surface area contributed by atoms with Crippen LogP contribution in [0, 0.1) is 0 Å². The highest BCUT2D eigenvalue weighted by atomic mass is 15.1. The SMILES string of the molecule is c1cc2nc(-c3n[nH]c4cnc(-c5cncc(CN6CCCC6)c5)cc34)[nH]c2cn1. The fourth-order valence-electron chi connectivity index (χ4n) is 4.14. The number of fused-ring (bicyclic) bond motifs is 2. The Morgan fingerprint density at radius 3 is 2.80 bits per heavy atom. The summed E-state index contributed by atoms with van der Waals surface area (Å²) in [6, 6.07) is 6.12. The molecule has 1 aliphatic rings. The van der Waals surface area contributed by atoms with Gasteiger partial charge in [-0.25, -0.2) is 4.98 Å². The molecule has 0 bridgehead atoms. The second-order valence-electron chi connectivity index (χ2n) is 7.73. The number of aromatic amines is 2. The van der Waals surface area contributed by atoms with Crippen LogP contribution in [0.3, 0.4) is 0 Å². The molecule has 0 aliphatic carbocycles. The minimum Gasteiger partial charge on any atom is -0.335 e. The van der Waals surface area contributed by atoms with Crippen molar-refractivity contribution < 1.29 is 0 Å². The molecule has 0 aromatic carbocycles. The van der Waals surface area contributed by atoms with Crippen LogP contribution in [0.15, 0.2) is 49.2 Å². The zero-order valence-electron chi connectivity index (χ0n) is 16.3. The van der Waals surface area contributed by atoms with E-state index in [0.29, 0.717) is 5.82 Å². The predicted octanol–water partition coefficient (Wildman–Crippen LogP) is 3.55. The Kier molecular flexibility index (Phi) is 4.02. The van der Waals surface area contributed by atoms with Gasteiger partial charge >= 0.3 is 0 Å². The van der Waals surface area contributed by atoms with Gasteiger partial charge in [0.25, 0.3) is 0 Å². The second kappa shape index (κ2) is 7.00. The molecule has 1 saturated heterocycles. The number of hydrogen-bond donors (Lipinski definition) is 2. The van der Waals surface area contributed by atoms with Gasteiger partial charge in [-0.2, -0.15) is 5.10 Å². The number of nitrogens with one attached hydrogen (secondary N) is 2. The maximum atomic E-state index is 4.66. The maximum absolute atomic E-state index is 4.66. The van der Waals surface area contributed by atoms with Gasteiger partial charge in [-0.05, 0) is 49.7 Å². The summed E-state index contributed by atoms with van der Waals surface area (Å²) in [5.74, 6) is 0.710. The van der Waals surface area contributed by atoms with Crippen LogP contribution < -0.4 is 0 Å². The molecule has 1 aliphatic heterocycles. The zero-order valence-corrected chi connectivity index (χ0v) is 16.3. The van der Waals surface area contributed by atoms with Crippen molar-refractivity contribution in [3.8, 4) is 22.8 Å². The van der Waals surface area contributed by atoms with Crippen LogP contribution in [0.2, 0.25) is 0 Å². The first kappa shape index (κ1) is 17.2. The van der Waals surface area contributed by atoms with Crippen molar-refractivity contribution in [2.24, 2.45) is 0 Å². The minimum absolute atomic E-state index is 0.710. The summed E-state index contributed by atoms with van der Waals surface area (Å²) in [6.07, 6.45) is 11.7. The molecule has 0 unspecified atom stereocenters. The van der Waals surface area contributed by atoms with Gasteiger partial charge in [0.1, 0.15) is 5.69 Å². The molecule has 5 aromatic rings. The van der Waals surface area contributed by atoms with Crippen LogP contribution in [0.1, 0.15) is 18.4 Å². The quantitative estimate of drug-likeness (QED) is 0.482. The van der Waals surface area contributed by atoms with Crippen LogP contribution >= 0.6 is 0 Å².